The number of hydrogen-bond donors (Lipinski definition) is 3. The van der Waals surface area contributed by atoms with Gasteiger partial charge in [-0.3, -0.25) is 19.2 Å². The molecule has 13 heteroatoms. The average Bonchev–Trinajstić information content (AvgIpc) is 3.18. The third kappa shape index (κ3) is 11.9. The summed E-state index contributed by atoms with van der Waals surface area (Å²) in [6.07, 6.45) is 4.50. The molecular formula is C44H71NO12. The van der Waals surface area contributed by atoms with Crippen LogP contribution in [-0.4, -0.2) is 126 Å². The number of aliphatic hydroxyl groups excluding tert-OH is 2. The van der Waals surface area contributed by atoms with Gasteiger partial charge in [-0.25, -0.2) is 0 Å². The Hall–Kier alpha value is -2.36. The highest BCUT2D eigenvalue weighted by Gasteiger charge is 2.56. The van der Waals surface area contributed by atoms with Crippen LogP contribution in [0.1, 0.15) is 119 Å². The number of ether oxygens (including phenoxy) is 5. The summed E-state index contributed by atoms with van der Waals surface area (Å²) in [5.41, 5.74) is 1.64. The molecule has 1 saturated carbocycles. The fourth-order valence-corrected chi connectivity index (χ4v) is 9.68. The lowest BCUT2D eigenvalue weighted by molar-refractivity contribution is -0.302. The number of ketones is 3. The largest absolute Gasteiger partial charge is 0.392 e. The van der Waals surface area contributed by atoms with Crippen molar-refractivity contribution in [2.45, 2.75) is 173 Å². The molecule has 0 aromatic heterocycles. The van der Waals surface area contributed by atoms with Gasteiger partial charge in [0.05, 0.1) is 36.6 Å². The minimum atomic E-state index is -2.49. The van der Waals surface area contributed by atoms with Gasteiger partial charge < -0.3 is 43.9 Å². The topological polar surface area (TPSA) is 178 Å². The summed E-state index contributed by atoms with van der Waals surface area (Å²) >= 11 is 0. The normalized spacial score (nSPS) is 41.1. The van der Waals surface area contributed by atoms with Gasteiger partial charge in [0.15, 0.2) is 6.29 Å². The number of fused-ring (bicyclic) bond motifs is 3. The standard InChI is InChI=1S/C44H71NO12/c1-25-17-26(2)19-37(54-8)40-38(55-9)21-28(4)44(52,57-40)41(49)42(50)45-16-11-10-15-34(45)43(51)56-39(27(3)20-31-13-12-14-33(23-31)53-7)30(6)35(47)24-36(48)32(18-25)22-29(5)46/h18,20,26,28,30-35,37-40,43,47,51-52H,10-17,19,21-24H2,1-9H3/b25-18+,27-20+/t26-,28?,30+,31?,32-,33?,34?,35-,37-,38?,39+,40+,43?,44+/m0/s1. The number of amides is 1. The van der Waals surface area contributed by atoms with Crippen LogP contribution in [0.4, 0.5) is 0 Å². The van der Waals surface area contributed by atoms with Crippen molar-refractivity contribution in [3.63, 3.8) is 0 Å². The minimum Gasteiger partial charge on any atom is -0.392 e. The van der Waals surface area contributed by atoms with Crippen LogP contribution < -0.4 is 0 Å². The maximum atomic E-state index is 14.3. The van der Waals surface area contributed by atoms with E-state index >= 15 is 0 Å². The number of rotatable bonds is 7. The highest BCUT2D eigenvalue weighted by Crippen LogP contribution is 2.39. The van der Waals surface area contributed by atoms with Crippen LogP contribution in [0.15, 0.2) is 23.3 Å². The Morgan fingerprint density at radius 2 is 1.61 bits per heavy atom. The van der Waals surface area contributed by atoms with Gasteiger partial charge in [0.25, 0.3) is 11.7 Å². The predicted octanol–water partition coefficient (Wildman–Crippen LogP) is 4.86. The van der Waals surface area contributed by atoms with Gasteiger partial charge in [0, 0.05) is 58.5 Å². The maximum Gasteiger partial charge on any atom is 0.296 e. The number of methoxy groups -OCH3 is 3. The molecule has 3 aliphatic heterocycles. The molecule has 2 saturated heterocycles. The van der Waals surface area contributed by atoms with E-state index in [0.29, 0.717) is 32.1 Å². The van der Waals surface area contributed by atoms with Gasteiger partial charge in [-0.15, -0.1) is 0 Å². The van der Waals surface area contributed by atoms with Crippen molar-refractivity contribution in [3.05, 3.63) is 23.3 Å². The number of carbonyl (C=O) groups is 4. The van der Waals surface area contributed by atoms with Crippen molar-refractivity contribution in [3.8, 4) is 0 Å². The number of nitrogens with zero attached hydrogens (tertiary/aromatic N) is 1. The van der Waals surface area contributed by atoms with Gasteiger partial charge >= 0.3 is 0 Å². The summed E-state index contributed by atoms with van der Waals surface area (Å²) in [4.78, 5) is 56.2. The van der Waals surface area contributed by atoms with E-state index in [1.807, 2.05) is 26.8 Å². The minimum absolute atomic E-state index is 0.00591. The van der Waals surface area contributed by atoms with Crippen LogP contribution in [0.25, 0.3) is 0 Å². The molecule has 0 aromatic carbocycles. The van der Waals surface area contributed by atoms with E-state index in [2.05, 4.69) is 6.08 Å². The molecule has 1 amide bonds. The first-order chi connectivity index (χ1) is 26.9. The maximum absolute atomic E-state index is 14.3. The molecule has 3 heterocycles. The number of Topliss-reactive ketones (excluding diaryl/α,β-unsaturated/α-hetero) is 3. The molecule has 3 fully saturated rings. The number of piperidine rings is 1. The second kappa shape index (κ2) is 21.2. The third-order valence-electron chi connectivity index (χ3n) is 13.0. The Morgan fingerprint density at radius 1 is 0.930 bits per heavy atom. The van der Waals surface area contributed by atoms with E-state index < -0.39 is 78.1 Å². The zero-order valence-corrected chi connectivity index (χ0v) is 35.8. The molecule has 6 unspecified atom stereocenters. The van der Waals surface area contributed by atoms with Crippen molar-refractivity contribution in [2.75, 3.05) is 27.9 Å². The first-order valence-electron chi connectivity index (χ1n) is 21.2. The zero-order valence-electron chi connectivity index (χ0n) is 35.8. The lowest BCUT2D eigenvalue weighted by Gasteiger charge is -2.47. The van der Waals surface area contributed by atoms with Gasteiger partial charge in [0.2, 0.25) is 5.79 Å². The Bertz CT molecular complexity index is 1450. The summed E-state index contributed by atoms with van der Waals surface area (Å²) in [7, 11) is 4.75. The molecule has 2 bridgehead atoms. The van der Waals surface area contributed by atoms with E-state index in [1.165, 1.54) is 26.0 Å². The van der Waals surface area contributed by atoms with Crippen LogP contribution in [0, 0.1) is 29.6 Å². The van der Waals surface area contributed by atoms with Crippen LogP contribution in [0.2, 0.25) is 0 Å². The molecule has 57 heavy (non-hydrogen) atoms. The highest BCUT2D eigenvalue weighted by atomic mass is 16.7. The van der Waals surface area contributed by atoms with Crippen LogP contribution in [0.3, 0.4) is 0 Å². The zero-order chi connectivity index (χ0) is 42.2. The second-order valence-electron chi connectivity index (χ2n) is 17.7. The Kier molecular flexibility index (Phi) is 17.6. The SMILES string of the molecule is COC1CCCC(/C=C(\C)[C@H]2OC(O)C3CCCCN3C(=O)C(=O)[C@]3(O)O[C@@H](C(OC)CC3C)[C@@H](OC)C[C@@H](C)C/C(C)=C/[C@@H](CC(C)=O)C(=O)C[C@H](O)[C@H]2C)C1. The summed E-state index contributed by atoms with van der Waals surface area (Å²) in [6, 6.07) is -0.941. The summed E-state index contributed by atoms with van der Waals surface area (Å²) in [5.74, 6) is -7.13. The Labute approximate surface area is 339 Å². The number of allylic oxidation sites excluding steroid dienone is 3. The van der Waals surface area contributed by atoms with E-state index in [1.54, 1.807) is 21.0 Å². The second-order valence-corrected chi connectivity index (χ2v) is 17.7. The lowest BCUT2D eigenvalue weighted by Crippen LogP contribution is -2.64. The highest BCUT2D eigenvalue weighted by molar-refractivity contribution is 6.38. The molecule has 3 N–H and O–H groups in total. The first-order valence-corrected chi connectivity index (χ1v) is 21.2. The van der Waals surface area contributed by atoms with Crippen molar-refractivity contribution in [1.82, 2.24) is 4.90 Å². The van der Waals surface area contributed by atoms with Crippen LogP contribution in [0.5, 0.6) is 0 Å². The fourth-order valence-electron chi connectivity index (χ4n) is 9.68. The average molecular weight is 806 g/mol. The first kappa shape index (κ1) is 47.3. The Morgan fingerprint density at radius 3 is 2.26 bits per heavy atom. The van der Waals surface area contributed by atoms with Crippen molar-refractivity contribution >= 4 is 23.3 Å². The molecule has 0 spiro atoms. The molecule has 0 radical (unpaired) electrons. The van der Waals surface area contributed by atoms with Gasteiger partial charge in [-0.2, -0.15) is 0 Å². The molecule has 324 valence electrons. The van der Waals surface area contributed by atoms with E-state index in [4.69, 9.17) is 23.7 Å². The number of carbonyl (C=O) groups excluding carboxylic acids is 4. The summed E-state index contributed by atoms with van der Waals surface area (Å²) in [6.45, 7) is 10.8. The van der Waals surface area contributed by atoms with Crippen LogP contribution in [-0.2, 0) is 42.9 Å². The molecular weight excluding hydrogens is 734 g/mol. The molecule has 14 atom stereocenters. The van der Waals surface area contributed by atoms with Gasteiger partial charge in [0.1, 0.15) is 17.7 Å². The van der Waals surface area contributed by atoms with Gasteiger partial charge in [-0.1, -0.05) is 44.9 Å². The predicted molar refractivity (Wildman–Crippen MR) is 213 cm³/mol. The summed E-state index contributed by atoms with van der Waals surface area (Å²) < 4.78 is 30.1. The molecule has 4 rings (SSSR count). The summed E-state index contributed by atoms with van der Waals surface area (Å²) in [5, 5.41) is 35.7. The van der Waals surface area contributed by atoms with E-state index in [-0.39, 0.29) is 55.3 Å². The Balaban J connectivity index is 1.78. The number of hydrogen-bond acceptors (Lipinski definition) is 12. The van der Waals surface area contributed by atoms with Crippen molar-refractivity contribution < 1.29 is 58.2 Å². The molecule has 4 aliphatic rings. The molecule has 0 aromatic rings. The molecule has 1 aliphatic carbocycles. The van der Waals surface area contributed by atoms with Crippen molar-refractivity contribution in [1.29, 1.82) is 0 Å². The lowest BCUT2D eigenvalue weighted by atomic mass is 9.82. The van der Waals surface area contributed by atoms with E-state index in [0.717, 1.165) is 36.8 Å². The fraction of sp³-hybridized carbons (Fsp3) is 0.818. The quantitative estimate of drug-likeness (QED) is 0.236. The molecule has 13 nitrogen and oxygen atoms in total. The van der Waals surface area contributed by atoms with Crippen molar-refractivity contribution in [2.24, 2.45) is 29.6 Å². The van der Waals surface area contributed by atoms with Gasteiger partial charge in [-0.05, 0) is 96.0 Å². The number of aliphatic hydroxyl groups is 3. The van der Waals surface area contributed by atoms with E-state index in [9.17, 15) is 34.5 Å². The smallest absolute Gasteiger partial charge is 0.296 e. The monoisotopic (exact) mass is 805 g/mol. The van der Waals surface area contributed by atoms with Crippen LogP contribution >= 0.6 is 0 Å². The third-order valence-corrected chi connectivity index (χ3v) is 13.0.